The maximum atomic E-state index is 13.7. The van der Waals surface area contributed by atoms with Crippen LogP contribution in [0, 0.1) is 12.7 Å². The van der Waals surface area contributed by atoms with E-state index in [9.17, 15) is 9.18 Å². The molecule has 3 heteroatoms. The first kappa shape index (κ1) is 13.7. The Balaban J connectivity index is 3.05. The lowest BCUT2D eigenvalue weighted by molar-refractivity contribution is 0.0615. The largest absolute Gasteiger partial charge is 0.337 e. The molecule has 1 amide bonds. The summed E-state index contributed by atoms with van der Waals surface area (Å²) in [6, 6.07) is 4.69. The Kier molecular flexibility index (Phi) is 3.91. The van der Waals surface area contributed by atoms with Crippen molar-refractivity contribution < 1.29 is 9.18 Å². The lowest BCUT2D eigenvalue weighted by Gasteiger charge is -2.35. The summed E-state index contributed by atoms with van der Waals surface area (Å²) in [6.45, 7) is 7.75. The van der Waals surface area contributed by atoms with Crippen LogP contribution in [0.1, 0.15) is 43.1 Å². The predicted octanol–water partition coefficient (Wildman–Crippen LogP) is 3.39. The van der Waals surface area contributed by atoms with Gasteiger partial charge >= 0.3 is 0 Å². The Labute approximate surface area is 102 Å². The van der Waals surface area contributed by atoms with Crippen LogP contribution in [0.25, 0.3) is 0 Å². The van der Waals surface area contributed by atoms with E-state index in [2.05, 4.69) is 0 Å². The van der Waals surface area contributed by atoms with Crippen molar-refractivity contribution in [1.29, 1.82) is 0 Å². The van der Waals surface area contributed by atoms with Crippen molar-refractivity contribution in [2.45, 2.75) is 39.7 Å². The van der Waals surface area contributed by atoms with E-state index in [1.165, 1.54) is 6.07 Å². The Morgan fingerprint density at radius 3 is 2.47 bits per heavy atom. The van der Waals surface area contributed by atoms with Gasteiger partial charge in [-0.05, 0) is 44.9 Å². The minimum atomic E-state index is -0.450. The van der Waals surface area contributed by atoms with Crippen LogP contribution in [0.4, 0.5) is 4.39 Å². The summed E-state index contributed by atoms with van der Waals surface area (Å²) in [5, 5.41) is 0. The summed E-state index contributed by atoms with van der Waals surface area (Å²) in [6.07, 6.45) is 0.822. The Morgan fingerprint density at radius 2 is 2.00 bits per heavy atom. The quantitative estimate of drug-likeness (QED) is 0.789. The highest BCUT2D eigenvalue weighted by Gasteiger charge is 2.27. The van der Waals surface area contributed by atoms with Gasteiger partial charge < -0.3 is 4.90 Å². The van der Waals surface area contributed by atoms with E-state index in [0.717, 1.165) is 12.0 Å². The monoisotopic (exact) mass is 237 g/mol. The molecule has 0 N–H and O–H groups in total. The van der Waals surface area contributed by atoms with Crippen molar-refractivity contribution in [2.75, 3.05) is 7.05 Å². The molecule has 0 atom stereocenters. The second-order valence-electron chi connectivity index (χ2n) is 5.01. The number of nitrogens with zero attached hydrogens (tertiary/aromatic N) is 1. The summed E-state index contributed by atoms with van der Waals surface area (Å²) in [7, 11) is 1.71. The molecule has 0 saturated heterocycles. The number of halogens is 1. The first-order valence-corrected chi connectivity index (χ1v) is 5.84. The second kappa shape index (κ2) is 4.86. The lowest BCUT2D eigenvalue weighted by Crippen LogP contribution is -2.44. The molecule has 17 heavy (non-hydrogen) atoms. The average Bonchev–Trinajstić information content (AvgIpc) is 2.27. The molecule has 0 unspecified atom stereocenters. The number of benzene rings is 1. The van der Waals surface area contributed by atoms with Crippen LogP contribution in [0.2, 0.25) is 0 Å². The van der Waals surface area contributed by atoms with Crippen molar-refractivity contribution >= 4 is 5.91 Å². The zero-order valence-corrected chi connectivity index (χ0v) is 11.2. The molecular weight excluding hydrogens is 217 g/mol. The van der Waals surface area contributed by atoms with E-state index in [4.69, 9.17) is 0 Å². The van der Waals surface area contributed by atoms with E-state index in [-0.39, 0.29) is 17.0 Å². The van der Waals surface area contributed by atoms with Gasteiger partial charge in [-0.3, -0.25) is 4.79 Å². The lowest BCUT2D eigenvalue weighted by atomic mass is 9.98. The number of carbonyl (C=O) groups excluding carboxylic acids is 1. The van der Waals surface area contributed by atoms with Crippen LogP contribution in [0.15, 0.2) is 18.2 Å². The summed E-state index contributed by atoms with van der Waals surface area (Å²) in [4.78, 5) is 13.8. The van der Waals surface area contributed by atoms with Gasteiger partial charge in [-0.25, -0.2) is 4.39 Å². The molecule has 0 aliphatic carbocycles. The third kappa shape index (κ3) is 2.84. The molecule has 1 aromatic carbocycles. The number of amides is 1. The smallest absolute Gasteiger partial charge is 0.257 e. The van der Waals surface area contributed by atoms with Crippen LogP contribution in [-0.4, -0.2) is 23.4 Å². The number of hydrogen-bond donors (Lipinski definition) is 0. The van der Waals surface area contributed by atoms with Gasteiger partial charge in [-0.15, -0.1) is 0 Å². The number of carbonyl (C=O) groups is 1. The minimum Gasteiger partial charge on any atom is -0.337 e. The van der Waals surface area contributed by atoms with Crippen molar-refractivity contribution in [3.05, 3.63) is 35.1 Å². The SMILES string of the molecule is CCC(C)(C)N(C)C(=O)c1ccc(C)cc1F. The van der Waals surface area contributed by atoms with Gasteiger partial charge in [0.2, 0.25) is 0 Å². The van der Waals surface area contributed by atoms with E-state index in [1.54, 1.807) is 31.0 Å². The van der Waals surface area contributed by atoms with Crippen molar-refractivity contribution in [3.63, 3.8) is 0 Å². The number of hydrogen-bond acceptors (Lipinski definition) is 1. The van der Waals surface area contributed by atoms with Crippen LogP contribution in [0.5, 0.6) is 0 Å². The average molecular weight is 237 g/mol. The van der Waals surface area contributed by atoms with Crippen molar-refractivity contribution in [2.24, 2.45) is 0 Å². The topological polar surface area (TPSA) is 20.3 Å². The summed E-state index contributed by atoms with van der Waals surface area (Å²) in [5.41, 5.74) is 0.685. The molecule has 0 saturated carbocycles. The highest BCUT2D eigenvalue weighted by Crippen LogP contribution is 2.20. The van der Waals surface area contributed by atoms with Crippen LogP contribution in [-0.2, 0) is 0 Å². The normalized spacial score (nSPS) is 11.4. The molecule has 0 aliphatic rings. The minimum absolute atomic E-state index is 0.139. The first-order valence-electron chi connectivity index (χ1n) is 5.84. The zero-order chi connectivity index (χ0) is 13.2. The van der Waals surface area contributed by atoms with E-state index >= 15 is 0 Å². The van der Waals surface area contributed by atoms with Gasteiger partial charge in [0, 0.05) is 12.6 Å². The predicted molar refractivity (Wildman–Crippen MR) is 67.6 cm³/mol. The molecule has 0 aliphatic heterocycles. The molecule has 0 bridgehead atoms. The molecule has 1 aromatic rings. The molecule has 0 aromatic heterocycles. The highest BCUT2D eigenvalue weighted by molar-refractivity contribution is 5.94. The molecule has 94 valence electrons. The molecular formula is C14H20FNO. The summed E-state index contributed by atoms with van der Waals surface area (Å²) in [5.74, 6) is -0.719. The maximum Gasteiger partial charge on any atom is 0.257 e. The molecule has 1 rings (SSSR count). The third-order valence-corrected chi connectivity index (χ3v) is 3.43. The van der Waals surface area contributed by atoms with Gasteiger partial charge in [-0.1, -0.05) is 13.0 Å². The Morgan fingerprint density at radius 1 is 1.41 bits per heavy atom. The van der Waals surface area contributed by atoms with Gasteiger partial charge in [0.15, 0.2) is 0 Å². The van der Waals surface area contributed by atoms with Gasteiger partial charge in [-0.2, -0.15) is 0 Å². The van der Waals surface area contributed by atoms with Crippen LogP contribution >= 0.6 is 0 Å². The molecule has 0 heterocycles. The number of rotatable bonds is 3. The summed E-state index contributed by atoms with van der Waals surface area (Å²) >= 11 is 0. The zero-order valence-electron chi connectivity index (χ0n) is 11.2. The standard InChI is InChI=1S/C14H20FNO/c1-6-14(3,4)16(5)13(17)11-8-7-10(2)9-12(11)15/h7-9H,6H2,1-5H3. The van der Waals surface area contributed by atoms with Gasteiger partial charge in [0.25, 0.3) is 5.91 Å². The van der Waals surface area contributed by atoms with Gasteiger partial charge in [0.1, 0.15) is 5.82 Å². The molecule has 2 nitrogen and oxygen atoms in total. The van der Waals surface area contributed by atoms with Gasteiger partial charge in [0.05, 0.1) is 5.56 Å². The molecule has 0 spiro atoms. The van der Waals surface area contributed by atoms with E-state index in [1.807, 2.05) is 20.8 Å². The van der Waals surface area contributed by atoms with Crippen LogP contribution < -0.4 is 0 Å². The van der Waals surface area contributed by atoms with Crippen molar-refractivity contribution in [1.82, 2.24) is 4.90 Å². The van der Waals surface area contributed by atoms with Crippen molar-refractivity contribution in [3.8, 4) is 0 Å². The van der Waals surface area contributed by atoms with Crippen LogP contribution in [0.3, 0.4) is 0 Å². The fourth-order valence-corrected chi connectivity index (χ4v) is 1.49. The van der Waals surface area contributed by atoms with E-state index in [0.29, 0.717) is 0 Å². The number of aryl methyl sites for hydroxylation is 1. The second-order valence-corrected chi connectivity index (χ2v) is 5.01. The summed E-state index contributed by atoms with van der Waals surface area (Å²) < 4.78 is 13.7. The highest BCUT2D eigenvalue weighted by atomic mass is 19.1. The Hall–Kier alpha value is -1.38. The van der Waals surface area contributed by atoms with E-state index < -0.39 is 5.82 Å². The third-order valence-electron chi connectivity index (χ3n) is 3.43. The Bertz CT molecular complexity index is 426. The fraction of sp³-hybridized carbons (Fsp3) is 0.500. The first-order chi connectivity index (χ1) is 7.79. The molecule has 0 radical (unpaired) electrons. The maximum absolute atomic E-state index is 13.7. The fourth-order valence-electron chi connectivity index (χ4n) is 1.49. The molecule has 0 fully saturated rings.